The number of nitrogens with zero attached hydrogens (tertiary/aromatic N) is 3. The molecule has 0 aliphatic carbocycles. The minimum Gasteiger partial charge on any atom is -0.369 e. The highest BCUT2D eigenvalue weighted by Crippen LogP contribution is 2.11. The predicted octanol–water partition coefficient (Wildman–Crippen LogP) is 0.951. The van der Waals surface area contributed by atoms with Crippen LogP contribution in [0.4, 0.5) is 0 Å². The highest BCUT2D eigenvalue weighted by Gasteiger charge is 2.18. The zero-order valence-electron chi connectivity index (χ0n) is 10.2. The topological polar surface area (TPSA) is 121 Å². The van der Waals surface area contributed by atoms with E-state index in [0.717, 1.165) is 0 Å². The van der Waals surface area contributed by atoms with Gasteiger partial charge >= 0.3 is 0 Å². The van der Waals surface area contributed by atoms with Crippen molar-refractivity contribution >= 4 is 11.8 Å². The highest BCUT2D eigenvalue weighted by atomic mass is 16.2. The van der Waals surface area contributed by atoms with Crippen molar-refractivity contribution in [2.24, 2.45) is 22.7 Å². The normalized spacial score (nSPS) is 13.3. The number of carbonyl (C=O) groups is 2. The predicted molar refractivity (Wildman–Crippen MR) is 63.8 cm³/mol. The Balaban J connectivity index is 3.81. The van der Waals surface area contributed by atoms with Crippen molar-refractivity contribution in [3.63, 3.8) is 0 Å². The van der Waals surface area contributed by atoms with Gasteiger partial charge in [0.15, 0.2) is 0 Å². The lowest BCUT2D eigenvalue weighted by Gasteiger charge is -2.14. The second-order valence-corrected chi connectivity index (χ2v) is 4.04. The first-order valence-corrected chi connectivity index (χ1v) is 5.57. The van der Waals surface area contributed by atoms with Gasteiger partial charge in [0.2, 0.25) is 11.8 Å². The minimum atomic E-state index is -0.395. The quantitative estimate of drug-likeness (QED) is 0.284. The fourth-order valence-electron chi connectivity index (χ4n) is 1.33. The van der Waals surface area contributed by atoms with Crippen LogP contribution in [0.15, 0.2) is 5.11 Å². The lowest BCUT2D eigenvalue weighted by molar-refractivity contribution is -0.126. The Morgan fingerprint density at radius 2 is 2.06 bits per heavy atom. The van der Waals surface area contributed by atoms with Crippen LogP contribution in [0.25, 0.3) is 10.4 Å². The van der Waals surface area contributed by atoms with E-state index < -0.39 is 5.91 Å². The summed E-state index contributed by atoms with van der Waals surface area (Å²) in [5, 5.41) is 6.06. The van der Waals surface area contributed by atoms with Gasteiger partial charge in [-0.3, -0.25) is 9.59 Å². The van der Waals surface area contributed by atoms with Crippen molar-refractivity contribution in [1.29, 1.82) is 0 Å². The summed E-state index contributed by atoms with van der Waals surface area (Å²) in [6.45, 7) is 4.28. The first kappa shape index (κ1) is 15.2. The molecule has 0 bridgehead atoms. The summed E-state index contributed by atoms with van der Waals surface area (Å²) in [4.78, 5) is 25.0. The summed E-state index contributed by atoms with van der Waals surface area (Å²) in [6, 6.07) is 0. The van der Waals surface area contributed by atoms with Crippen LogP contribution in [0.5, 0.6) is 0 Å². The van der Waals surface area contributed by atoms with E-state index in [-0.39, 0.29) is 17.7 Å². The summed E-state index contributed by atoms with van der Waals surface area (Å²) in [5.41, 5.74) is 13.2. The molecule has 0 aromatic carbocycles. The molecule has 7 nitrogen and oxygen atoms in total. The summed E-state index contributed by atoms with van der Waals surface area (Å²) in [5.74, 6) is -1.07. The van der Waals surface area contributed by atoms with Crippen LogP contribution in [0.3, 0.4) is 0 Å². The van der Waals surface area contributed by atoms with E-state index in [1.54, 1.807) is 13.8 Å². The van der Waals surface area contributed by atoms with Crippen molar-refractivity contribution in [3.8, 4) is 0 Å². The van der Waals surface area contributed by atoms with Crippen molar-refractivity contribution in [2.75, 3.05) is 13.1 Å². The molecule has 3 N–H and O–H groups in total. The average molecular weight is 241 g/mol. The molecule has 0 rings (SSSR count). The van der Waals surface area contributed by atoms with E-state index in [4.69, 9.17) is 11.3 Å². The molecule has 0 aromatic heterocycles. The molecule has 2 amide bonds. The molecule has 0 fully saturated rings. The van der Waals surface area contributed by atoms with Crippen molar-refractivity contribution in [1.82, 2.24) is 5.32 Å². The number of nitrogens with two attached hydrogens (primary N) is 1. The van der Waals surface area contributed by atoms with Crippen LogP contribution in [-0.2, 0) is 9.59 Å². The maximum Gasteiger partial charge on any atom is 0.222 e. The first-order valence-electron chi connectivity index (χ1n) is 5.57. The van der Waals surface area contributed by atoms with Gasteiger partial charge in [0, 0.05) is 29.8 Å². The van der Waals surface area contributed by atoms with Crippen molar-refractivity contribution in [3.05, 3.63) is 10.4 Å². The number of amides is 2. The highest BCUT2D eigenvalue weighted by molar-refractivity contribution is 5.80. The van der Waals surface area contributed by atoms with Gasteiger partial charge in [0.05, 0.1) is 0 Å². The molecule has 0 heterocycles. The fourth-order valence-corrected chi connectivity index (χ4v) is 1.33. The lowest BCUT2D eigenvalue weighted by atomic mass is 9.96. The van der Waals surface area contributed by atoms with Crippen LogP contribution in [0.2, 0.25) is 0 Å². The van der Waals surface area contributed by atoms with E-state index >= 15 is 0 Å². The number of hydrogen-bond donors (Lipinski definition) is 2. The molecule has 0 spiro atoms. The first-order chi connectivity index (χ1) is 7.99. The largest absolute Gasteiger partial charge is 0.369 e. The number of azide groups is 1. The third kappa shape index (κ3) is 7.19. The Bertz CT molecular complexity index is 312. The van der Waals surface area contributed by atoms with Gasteiger partial charge < -0.3 is 11.1 Å². The fraction of sp³-hybridized carbons (Fsp3) is 0.800. The third-order valence-corrected chi connectivity index (χ3v) is 2.44. The van der Waals surface area contributed by atoms with E-state index in [2.05, 4.69) is 15.3 Å². The zero-order valence-corrected chi connectivity index (χ0v) is 10.2. The number of rotatable bonds is 8. The van der Waals surface area contributed by atoms with Gasteiger partial charge in [-0.05, 0) is 18.4 Å². The van der Waals surface area contributed by atoms with E-state index in [1.807, 2.05) is 0 Å². The SMILES string of the molecule is CC(CC(C)C(=O)NCCCN=[N+]=[N-])C(N)=O. The molecule has 0 aliphatic heterocycles. The van der Waals surface area contributed by atoms with Crippen molar-refractivity contribution < 1.29 is 9.59 Å². The van der Waals surface area contributed by atoms with Crippen LogP contribution < -0.4 is 11.1 Å². The lowest BCUT2D eigenvalue weighted by Crippen LogP contribution is -2.33. The van der Waals surface area contributed by atoms with Crippen LogP contribution in [-0.4, -0.2) is 24.9 Å². The molecule has 17 heavy (non-hydrogen) atoms. The second kappa shape index (κ2) is 8.41. The van der Waals surface area contributed by atoms with Crippen molar-refractivity contribution in [2.45, 2.75) is 26.7 Å². The minimum absolute atomic E-state index is 0.112. The van der Waals surface area contributed by atoms with E-state index in [0.29, 0.717) is 25.9 Å². The molecular weight excluding hydrogens is 222 g/mol. The second-order valence-electron chi connectivity index (χ2n) is 4.04. The Hall–Kier alpha value is -1.75. The molecule has 0 aliphatic rings. The molecule has 0 saturated heterocycles. The van der Waals surface area contributed by atoms with Crippen LogP contribution in [0, 0.1) is 11.8 Å². The summed E-state index contributed by atoms with van der Waals surface area (Å²) >= 11 is 0. The van der Waals surface area contributed by atoms with Crippen LogP contribution in [0.1, 0.15) is 26.7 Å². The van der Waals surface area contributed by atoms with E-state index in [9.17, 15) is 9.59 Å². The molecule has 0 saturated carbocycles. The average Bonchev–Trinajstić information content (AvgIpc) is 2.28. The van der Waals surface area contributed by atoms with Crippen LogP contribution >= 0.6 is 0 Å². The summed E-state index contributed by atoms with van der Waals surface area (Å²) in [6.07, 6.45) is 1.05. The zero-order chi connectivity index (χ0) is 13.3. The maximum atomic E-state index is 11.6. The summed E-state index contributed by atoms with van der Waals surface area (Å²) in [7, 11) is 0. The molecule has 0 aromatic rings. The van der Waals surface area contributed by atoms with Gasteiger partial charge in [-0.2, -0.15) is 0 Å². The van der Waals surface area contributed by atoms with Gasteiger partial charge in [-0.1, -0.05) is 19.0 Å². The standard InChI is InChI=1S/C10H19N5O2/c1-7(9(11)16)6-8(2)10(17)13-4-3-5-14-15-12/h7-8H,3-6H2,1-2H3,(H2,11,16)(H,13,17). The number of nitrogens with one attached hydrogen (secondary N) is 1. The Labute approximate surface area is 100 Å². The van der Waals surface area contributed by atoms with E-state index in [1.165, 1.54) is 0 Å². The number of primary amides is 1. The number of carbonyl (C=O) groups excluding carboxylic acids is 2. The van der Waals surface area contributed by atoms with Gasteiger partial charge in [-0.25, -0.2) is 0 Å². The molecule has 2 unspecified atom stereocenters. The molecule has 2 atom stereocenters. The summed E-state index contributed by atoms with van der Waals surface area (Å²) < 4.78 is 0. The number of hydrogen-bond acceptors (Lipinski definition) is 3. The Morgan fingerprint density at radius 1 is 1.41 bits per heavy atom. The monoisotopic (exact) mass is 241 g/mol. The molecular formula is C10H19N5O2. The molecule has 7 heteroatoms. The smallest absolute Gasteiger partial charge is 0.222 e. The van der Waals surface area contributed by atoms with Gasteiger partial charge in [0.25, 0.3) is 0 Å². The Morgan fingerprint density at radius 3 is 2.59 bits per heavy atom. The van der Waals surface area contributed by atoms with Gasteiger partial charge in [0.1, 0.15) is 0 Å². The van der Waals surface area contributed by atoms with Gasteiger partial charge in [-0.15, -0.1) is 0 Å². The third-order valence-electron chi connectivity index (χ3n) is 2.44. The maximum absolute atomic E-state index is 11.6. The molecule has 96 valence electrons. The molecule has 0 radical (unpaired) electrons. The Kier molecular flexibility index (Phi) is 7.54.